The van der Waals surface area contributed by atoms with Crippen LogP contribution in [0.25, 0.3) is 0 Å². The summed E-state index contributed by atoms with van der Waals surface area (Å²) in [6.07, 6.45) is 0. The molecule has 1 saturated heterocycles. The predicted molar refractivity (Wildman–Crippen MR) is 139 cm³/mol. The molecule has 0 aliphatic carbocycles. The Balaban J connectivity index is 1.36. The van der Waals surface area contributed by atoms with Gasteiger partial charge in [0.05, 0.1) is 4.90 Å². The topological polar surface area (TPSA) is 73.0 Å². The molecule has 0 saturated carbocycles. The van der Waals surface area contributed by atoms with E-state index in [2.05, 4.69) is 22.3 Å². The second-order valence-electron chi connectivity index (χ2n) is 8.94. The zero-order valence-electron chi connectivity index (χ0n) is 20.2. The molecule has 1 fully saturated rings. The van der Waals surface area contributed by atoms with Crippen molar-refractivity contribution < 1.29 is 13.2 Å². The van der Waals surface area contributed by atoms with Crippen molar-refractivity contribution in [3.8, 4) is 0 Å². The smallest absolute Gasteiger partial charge is 0.251 e. The monoisotopic (exact) mass is 492 g/mol. The molecular weight excluding hydrogens is 460 g/mol. The Morgan fingerprint density at radius 1 is 0.857 bits per heavy atom. The van der Waals surface area contributed by atoms with Gasteiger partial charge in [-0.1, -0.05) is 48.5 Å². The number of nitrogens with zero attached hydrogens (tertiary/aromatic N) is 3. The van der Waals surface area contributed by atoms with E-state index in [-0.39, 0.29) is 10.8 Å². The van der Waals surface area contributed by atoms with Gasteiger partial charge in [-0.2, -0.15) is 4.31 Å². The molecule has 1 heterocycles. The van der Waals surface area contributed by atoms with Gasteiger partial charge in [-0.25, -0.2) is 8.42 Å². The second kappa shape index (κ2) is 11.0. The third-order valence-electron chi connectivity index (χ3n) is 6.22. The summed E-state index contributed by atoms with van der Waals surface area (Å²) < 4.78 is 28.0. The molecule has 3 aromatic carbocycles. The third kappa shape index (κ3) is 6.28. The lowest BCUT2D eigenvalue weighted by Gasteiger charge is -2.34. The summed E-state index contributed by atoms with van der Waals surface area (Å²) >= 11 is 0. The van der Waals surface area contributed by atoms with Gasteiger partial charge >= 0.3 is 0 Å². The van der Waals surface area contributed by atoms with E-state index in [1.165, 1.54) is 15.9 Å². The standard InChI is InChI=1S/C27H32N4O3S/c1-29(2)25-13-11-22(12-14-25)20-28-27(32)24-9-6-10-26(19-24)35(33,34)31-17-15-30(16-18-31)21-23-7-4-3-5-8-23/h3-14,19H,15-18,20-21H2,1-2H3,(H,28,32). The Bertz CT molecular complexity index is 1240. The van der Waals surface area contributed by atoms with Crippen molar-refractivity contribution in [1.29, 1.82) is 0 Å². The van der Waals surface area contributed by atoms with Crippen molar-refractivity contribution in [3.05, 3.63) is 95.6 Å². The van der Waals surface area contributed by atoms with E-state index in [1.807, 2.05) is 61.5 Å². The lowest BCUT2D eigenvalue weighted by molar-refractivity contribution is 0.0950. The highest BCUT2D eigenvalue weighted by Crippen LogP contribution is 2.20. The van der Waals surface area contributed by atoms with Gasteiger partial charge in [0.1, 0.15) is 0 Å². The molecule has 3 aromatic rings. The maximum atomic E-state index is 13.3. The Morgan fingerprint density at radius 3 is 2.20 bits per heavy atom. The van der Waals surface area contributed by atoms with E-state index >= 15 is 0 Å². The molecule has 0 spiro atoms. The van der Waals surface area contributed by atoms with Crippen molar-refractivity contribution in [2.24, 2.45) is 0 Å². The molecule has 0 bridgehead atoms. The van der Waals surface area contributed by atoms with E-state index in [0.717, 1.165) is 17.8 Å². The molecule has 1 aliphatic heterocycles. The molecular formula is C27H32N4O3S. The van der Waals surface area contributed by atoms with E-state index in [4.69, 9.17) is 0 Å². The maximum Gasteiger partial charge on any atom is 0.251 e. The number of rotatable bonds is 8. The van der Waals surface area contributed by atoms with Crippen LogP contribution < -0.4 is 10.2 Å². The van der Waals surface area contributed by atoms with Gasteiger partial charge in [-0.3, -0.25) is 9.69 Å². The van der Waals surface area contributed by atoms with Crippen LogP contribution in [0.5, 0.6) is 0 Å². The number of piperazine rings is 1. The lowest BCUT2D eigenvalue weighted by Crippen LogP contribution is -2.48. The quantitative estimate of drug-likeness (QED) is 0.523. The molecule has 184 valence electrons. The highest BCUT2D eigenvalue weighted by atomic mass is 32.2. The number of amides is 1. The largest absolute Gasteiger partial charge is 0.378 e. The maximum absolute atomic E-state index is 13.3. The second-order valence-corrected chi connectivity index (χ2v) is 10.9. The number of hydrogen-bond acceptors (Lipinski definition) is 5. The first kappa shape index (κ1) is 24.9. The van der Waals surface area contributed by atoms with Crippen LogP contribution in [0.1, 0.15) is 21.5 Å². The molecule has 8 heteroatoms. The van der Waals surface area contributed by atoms with Crippen LogP contribution in [0.3, 0.4) is 0 Å². The van der Waals surface area contributed by atoms with Gasteiger partial charge in [0.15, 0.2) is 0 Å². The number of benzene rings is 3. The SMILES string of the molecule is CN(C)c1ccc(CNC(=O)c2cccc(S(=O)(=O)N3CCN(Cc4ccccc4)CC3)c2)cc1. The number of carbonyl (C=O) groups is 1. The van der Waals surface area contributed by atoms with Gasteiger partial charge < -0.3 is 10.2 Å². The summed E-state index contributed by atoms with van der Waals surface area (Å²) in [6.45, 7) is 3.36. The van der Waals surface area contributed by atoms with E-state index in [1.54, 1.807) is 18.2 Å². The Hall–Kier alpha value is -3.20. The van der Waals surface area contributed by atoms with Crippen molar-refractivity contribution >= 4 is 21.6 Å². The fraction of sp³-hybridized carbons (Fsp3) is 0.296. The Labute approximate surface area is 208 Å². The molecule has 1 N–H and O–H groups in total. The van der Waals surface area contributed by atoms with E-state index < -0.39 is 10.0 Å². The zero-order valence-corrected chi connectivity index (χ0v) is 21.0. The van der Waals surface area contributed by atoms with Crippen LogP contribution in [-0.4, -0.2) is 63.8 Å². The molecule has 0 aromatic heterocycles. The van der Waals surface area contributed by atoms with Gasteiger partial charge in [-0.15, -0.1) is 0 Å². The van der Waals surface area contributed by atoms with Gasteiger partial charge in [-0.05, 0) is 41.5 Å². The number of carbonyl (C=O) groups excluding carboxylic acids is 1. The first-order valence-electron chi connectivity index (χ1n) is 11.7. The zero-order chi connectivity index (χ0) is 24.8. The molecule has 35 heavy (non-hydrogen) atoms. The summed E-state index contributed by atoms with van der Waals surface area (Å²) in [6, 6.07) is 24.4. The fourth-order valence-electron chi connectivity index (χ4n) is 4.11. The van der Waals surface area contributed by atoms with Crippen molar-refractivity contribution in [2.75, 3.05) is 45.2 Å². The van der Waals surface area contributed by atoms with Gasteiger partial charge in [0, 0.05) is 64.6 Å². The Kier molecular flexibility index (Phi) is 7.85. The van der Waals surface area contributed by atoms with Crippen LogP contribution in [-0.2, 0) is 23.1 Å². The van der Waals surface area contributed by atoms with Crippen LogP contribution in [0.15, 0.2) is 83.8 Å². The number of sulfonamides is 1. The normalized spacial score (nSPS) is 15.0. The minimum Gasteiger partial charge on any atom is -0.378 e. The highest BCUT2D eigenvalue weighted by molar-refractivity contribution is 7.89. The Morgan fingerprint density at radius 2 is 1.54 bits per heavy atom. The van der Waals surface area contributed by atoms with E-state index in [0.29, 0.717) is 38.3 Å². The average Bonchev–Trinajstić information content (AvgIpc) is 2.88. The van der Waals surface area contributed by atoms with Gasteiger partial charge in [0.25, 0.3) is 5.91 Å². The molecule has 1 amide bonds. The van der Waals surface area contributed by atoms with Crippen LogP contribution in [0.4, 0.5) is 5.69 Å². The van der Waals surface area contributed by atoms with E-state index in [9.17, 15) is 13.2 Å². The van der Waals surface area contributed by atoms with Crippen molar-refractivity contribution in [3.63, 3.8) is 0 Å². The summed E-state index contributed by atoms with van der Waals surface area (Å²) in [5, 5.41) is 2.88. The summed E-state index contributed by atoms with van der Waals surface area (Å²) in [5.74, 6) is -0.300. The lowest BCUT2D eigenvalue weighted by atomic mass is 10.1. The summed E-state index contributed by atoms with van der Waals surface area (Å²) in [5.41, 5.74) is 3.61. The molecule has 4 rings (SSSR count). The van der Waals surface area contributed by atoms with Crippen LogP contribution in [0.2, 0.25) is 0 Å². The predicted octanol–water partition coefficient (Wildman–Crippen LogP) is 3.19. The highest BCUT2D eigenvalue weighted by Gasteiger charge is 2.29. The van der Waals surface area contributed by atoms with Crippen molar-refractivity contribution in [2.45, 2.75) is 18.0 Å². The number of anilines is 1. The molecule has 0 unspecified atom stereocenters. The molecule has 0 radical (unpaired) electrons. The number of nitrogens with one attached hydrogen (secondary N) is 1. The minimum absolute atomic E-state index is 0.150. The summed E-state index contributed by atoms with van der Waals surface area (Å²) in [7, 11) is 0.277. The average molecular weight is 493 g/mol. The molecule has 0 atom stereocenters. The molecule has 1 aliphatic rings. The first-order chi connectivity index (χ1) is 16.8. The fourth-order valence-corrected chi connectivity index (χ4v) is 5.58. The van der Waals surface area contributed by atoms with Crippen molar-refractivity contribution in [1.82, 2.24) is 14.5 Å². The van der Waals surface area contributed by atoms with Crippen LogP contribution in [0, 0.1) is 0 Å². The number of hydrogen-bond donors (Lipinski definition) is 1. The summed E-state index contributed by atoms with van der Waals surface area (Å²) in [4.78, 5) is 17.2. The minimum atomic E-state index is -3.67. The first-order valence-corrected chi connectivity index (χ1v) is 13.2. The molecule has 7 nitrogen and oxygen atoms in total. The van der Waals surface area contributed by atoms with Crippen LogP contribution >= 0.6 is 0 Å². The van der Waals surface area contributed by atoms with Gasteiger partial charge in [0.2, 0.25) is 10.0 Å². The third-order valence-corrected chi connectivity index (χ3v) is 8.11.